The van der Waals surface area contributed by atoms with E-state index in [9.17, 15) is 0 Å². The van der Waals surface area contributed by atoms with Gasteiger partial charge >= 0.3 is 0 Å². The fourth-order valence-electron chi connectivity index (χ4n) is 2.57. The third-order valence-corrected chi connectivity index (χ3v) is 3.59. The topological polar surface area (TPSA) is 54.2 Å². The number of hydrogen-bond acceptors (Lipinski definition) is 5. The fourth-order valence-corrected chi connectivity index (χ4v) is 2.57. The van der Waals surface area contributed by atoms with Crippen LogP contribution in [0, 0.1) is 5.92 Å². The van der Waals surface area contributed by atoms with Crippen LogP contribution in [-0.2, 0) is 12.0 Å². The van der Waals surface area contributed by atoms with Gasteiger partial charge in [0.05, 0.1) is 6.54 Å². The van der Waals surface area contributed by atoms with Gasteiger partial charge in [-0.2, -0.15) is 4.98 Å². The van der Waals surface area contributed by atoms with Gasteiger partial charge in [0.1, 0.15) is 0 Å². The quantitative estimate of drug-likeness (QED) is 0.900. The van der Waals surface area contributed by atoms with Gasteiger partial charge < -0.3 is 9.84 Å². The Hall–Kier alpha value is -0.940. The molecule has 0 saturated carbocycles. The summed E-state index contributed by atoms with van der Waals surface area (Å²) in [6.45, 7) is 10.4. The van der Waals surface area contributed by atoms with Crippen LogP contribution in [0.5, 0.6) is 0 Å². The summed E-state index contributed by atoms with van der Waals surface area (Å²) in [4.78, 5) is 6.93. The van der Waals surface area contributed by atoms with E-state index >= 15 is 0 Å². The lowest BCUT2D eigenvalue weighted by molar-refractivity contribution is 0.149. The molecule has 5 heteroatoms. The lowest BCUT2D eigenvalue weighted by Crippen LogP contribution is -2.38. The Kier molecular flexibility index (Phi) is 4.58. The number of nitrogens with zero attached hydrogens (tertiary/aromatic N) is 3. The van der Waals surface area contributed by atoms with Crippen molar-refractivity contribution in [1.82, 2.24) is 20.4 Å². The molecule has 1 aromatic heterocycles. The standard InChI is InChI=1S/C14H26N4O/c1-14(2,3)13-16-12(19-17-13)10-18-7-5-6-11(9-18)8-15-4/h11,15H,5-10H2,1-4H3. The Morgan fingerprint density at radius 2 is 2.21 bits per heavy atom. The predicted octanol–water partition coefficient (Wildman–Crippen LogP) is 1.80. The van der Waals surface area contributed by atoms with Crippen LogP contribution in [0.1, 0.15) is 45.3 Å². The van der Waals surface area contributed by atoms with Crippen molar-refractivity contribution >= 4 is 0 Å². The van der Waals surface area contributed by atoms with Crippen molar-refractivity contribution in [2.45, 2.75) is 45.6 Å². The lowest BCUT2D eigenvalue weighted by atomic mass is 9.96. The van der Waals surface area contributed by atoms with E-state index in [0.29, 0.717) is 0 Å². The zero-order chi connectivity index (χ0) is 13.9. The average Bonchev–Trinajstić information content (AvgIpc) is 2.78. The van der Waals surface area contributed by atoms with Crippen molar-refractivity contribution in [3.8, 4) is 0 Å². The first kappa shape index (κ1) is 14.5. The normalized spacial score (nSPS) is 21.8. The Morgan fingerprint density at radius 1 is 1.42 bits per heavy atom. The molecule has 0 aromatic carbocycles. The first-order valence-corrected chi connectivity index (χ1v) is 7.19. The highest BCUT2D eigenvalue weighted by atomic mass is 16.5. The Bertz CT molecular complexity index is 394. The van der Waals surface area contributed by atoms with E-state index < -0.39 is 0 Å². The summed E-state index contributed by atoms with van der Waals surface area (Å²) in [5, 5.41) is 7.35. The molecule has 108 valence electrons. The summed E-state index contributed by atoms with van der Waals surface area (Å²) in [5.41, 5.74) is -0.0433. The molecule has 19 heavy (non-hydrogen) atoms. The molecule has 1 atom stereocenters. The van der Waals surface area contributed by atoms with Crippen LogP contribution in [0.4, 0.5) is 0 Å². The van der Waals surface area contributed by atoms with Crippen LogP contribution >= 0.6 is 0 Å². The summed E-state index contributed by atoms with van der Waals surface area (Å²) in [7, 11) is 2.02. The third kappa shape index (κ3) is 4.01. The minimum absolute atomic E-state index is 0.0433. The molecule has 0 amide bonds. The van der Waals surface area contributed by atoms with Crippen LogP contribution in [-0.4, -0.2) is 41.7 Å². The first-order chi connectivity index (χ1) is 8.99. The summed E-state index contributed by atoms with van der Waals surface area (Å²) < 4.78 is 5.37. The molecule has 0 spiro atoms. The van der Waals surface area contributed by atoms with Gasteiger partial charge in [0.25, 0.3) is 0 Å². The van der Waals surface area contributed by atoms with Crippen LogP contribution in [0.2, 0.25) is 0 Å². The number of likely N-dealkylation sites (tertiary alicyclic amines) is 1. The maximum atomic E-state index is 5.37. The fraction of sp³-hybridized carbons (Fsp3) is 0.857. The van der Waals surface area contributed by atoms with Crippen molar-refractivity contribution in [1.29, 1.82) is 0 Å². The highest BCUT2D eigenvalue weighted by molar-refractivity contribution is 5.00. The average molecular weight is 266 g/mol. The molecule has 1 aliphatic rings. The van der Waals surface area contributed by atoms with Gasteiger partial charge in [0, 0.05) is 12.0 Å². The summed E-state index contributed by atoms with van der Waals surface area (Å²) in [5.74, 6) is 2.28. The van der Waals surface area contributed by atoms with Crippen molar-refractivity contribution in [2.75, 3.05) is 26.7 Å². The van der Waals surface area contributed by atoms with Gasteiger partial charge in [-0.3, -0.25) is 4.90 Å². The van der Waals surface area contributed by atoms with Gasteiger partial charge in [-0.25, -0.2) is 0 Å². The number of rotatable bonds is 4. The Labute approximate surface area is 115 Å². The van der Waals surface area contributed by atoms with E-state index in [1.807, 2.05) is 7.05 Å². The van der Waals surface area contributed by atoms with Crippen LogP contribution in [0.25, 0.3) is 0 Å². The van der Waals surface area contributed by atoms with Gasteiger partial charge in [-0.1, -0.05) is 25.9 Å². The molecule has 1 N–H and O–H groups in total. The molecule has 1 unspecified atom stereocenters. The predicted molar refractivity (Wildman–Crippen MR) is 74.9 cm³/mol. The number of piperidine rings is 1. The second-order valence-electron chi connectivity index (χ2n) is 6.56. The first-order valence-electron chi connectivity index (χ1n) is 7.19. The van der Waals surface area contributed by atoms with E-state index in [0.717, 1.165) is 43.8 Å². The second kappa shape index (κ2) is 6.01. The molecule has 1 saturated heterocycles. The maximum Gasteiger partial charge on any atom is 0.240 e. The van der Waals surface area contributed by atoms with E-state index in [4.69, 9.17) is 4.52 Å². The minimum atomic E-state index is -0.0433. The zero-order valence-corrected chi connectivity index (χ0v) is 12.6. The van der Waals surface area contributed by atoms with E-state index in [-0.39, 0.29) is 5.41 Å². The summed E-state index contributed by atoms with van der Waals surface area (Å²) in [6.07, 6.45) is 2.57. The molecule has 2 heterocycles. The zero-order valence-electron chi connectivity index (χ0n) is 12.6. The van der Waals surface area contributed by atoms with E-state index in [1.54, 1.807) is 0 Å². The largest absolute Gasteiger partial charge is 0.338 e. The summed E-state index contributed by atoms with van der Waals surface area (Å²) >= 11 is 0. The molecule has 1 aromatic rings. The molecule has 1 fully saturated rings. The molecule has 2 rings (SSSR count). The van der Waals surface area contributed by atoms with Gasteiger partial charge in [-0.15, -0.1) is 0 Å². The smallest absolute Gasteiger partial charge is 0.240 e. The molecule has 5 nitrogen and oxygen atoms in total. The Balaban J connectivity index is 1.92. The minimum Gasteiger partial charge on any atom is -0.338 e. The molecule has 0 radical (unpaired) electrons. The van der Waals surface area contributed by atoms with Crippen LogP contribution in [0.15, 0.2) is 4.52 Å². The highest BCUT2D eigenvalue weighted by Gasteiger charge is 2.24. The maximum absolute atomic E-state index is 5.37. The van der Waals surface area contributed by atoms with Gasteiger partial charge in [0.15, 0.2) is 5.82 Å². The summed E-state index contributed by atoms with van der Waals surface area (Å²) in [6, 6.07) is 0. The van der Waals surface area contributed by atoms with Crippen LogP contribution in [0.3, 0.4) is 0 Å². The van der Waals surface area contributed by atoms with Gasteiger partial charge in [-0.05, 0) is 38.9 Å². The lowest BCUT2D eigenvalue weighted by Gasteiger charge is -2.31. The molecule has 0 aliphatic carbocycles. The second-order valence-corrected chi connectivity index (χ2v) is 6.56. The van der Waals surface area contributed by atoms with Gasteiger partial charge in [0.2, 0.25) is 5.89 Å². The van der Waals surface area contributed by atoms with Crippen molar-refractivity contribution < 1.29 is 4.52 Å². The third-order valence-electron chi connectivity index (χ3n) is 3.59. The Morgan fingerprint density at radius 3 is 2.84 bits per heavy atom. The number of hydrogen-bond donors (Lipinski definition) is 1. The monoisotopic (exact) mass is 266 g/mol. The SMILES string of the molecule is CNCC1CCCN(Cc2nc(C(C)(C)C)no2)C1. The number of nitrogens with one attached hydrogen (secondary N) is 1. The van der Waals surface area contributed by atoms with Crippen molar-refractivity contribution in [2.24, 2.45) is 5.92 Å². The van der Waals surface area contributed by atoms with Crippen LogP contribution < -0.4 is 5.32 Å². The highest BCUT2D eigenvalue weighted by Crippen LogP contribution is 2.21. The van der Waals surface area contributed by atoms with Crippen molar-refractivity contribution in [3.05, 3.63) is 11.7 Å². The van der Waals surface area contributed by atoms with E-state index in [2.05, 4.69) is 41.1 Å². The molecular formula is C14H26N4O. The molecular weight excluding hydrogens is 240 g/mol. The number of aromatic nitrogens is 2. The van der Waals surface area contributed by atoms with Crippen molar-refractivity contribution in [3.63, 3.8) is 0 Å². The molecule has 0 bridgehead atoms. The molecule has 1 aliphatic heterocycles. The van der Waals surface area contributed by atoms with E-state index in [1.165, 1.54) is 12.8 Å².